The summed E-state index contributed by atoms with van der Waals surface area (Å²) in [4.78, 5) is 27.2. The molecule has 0 aliphatic carbocycles. The van der Waals surface area contributed by atoms with Gasteiger partial charge >= 0.3 is 0 Å². The fourth-order valence-electron chi connectivity index (χ4n) is 3.46. The van der Waals surface area contributed by atoms with Gasteiger partial charge in [-0.1, -0.05) is 57.3 Å². The highest BCUT2D eigenvalue weighted by Crippen LogP contribution is 2.40. The van der Waals surface area contributed by atoms with Crippen molar-refractivity contribution in [1.82, 2.24) is 4.90 Å². The normalized spacial score (nSPS) is 14.6. The molecule has 1 aliphatic rings. The molecular weight excluding hydrogens is 653 g/mol. The van der Waals surface area contributed by atoms with E-state index in [9.17, 15) is 9.59 Å². The van der Waals surface area contributed by atoms with Gasteiger partial charge in [-0.3, -0.25) is 14.5 Å². The Bertz CT molecular complexity index is 1370. The molecule has 0 radical (unpaired) electrons. The lowest BCUT2D eigenvalue weighted by atomic mass is 10.1. The quantitative estimate of drug-likeness (QED) is 0.224. The van der Waals surface area contributed by atoms with Gasteiger partial charge < -0.3 is 9.47 Å². The number of amides is 2. The van der Waals surface area contributed by atoms with Crippen molar-refractivity contribution in [2.45, 2.75) is 20.1 Å². The lowest BCUT2D eigenvalue weighted by Crippen LogP contribution is -2.27. The number of carbonyl (C=O) groups excluding carboxylic acids is 2. The van der Waals surface area contributed by atoms with E-state index in [4.69, 9.17) is 32.7 Å². The molecule has 3 aromatic rings. The second-order valence-electron chi connectivity index (χ2n) is 7.70. The smallest absolute Gasteiger partial charge is 0.293 e. The molecular formula is C26H19Br2Cl2NO4S. The van der Waals surface area contributed by atoms with Crippen molar-refractivity contribution in [2.24, 2.45) is 0 Å². The first-order chi connectivity index (χ1) is 17.2. The molecule has 0 bridgehead atoms. The Balaban J connectivity index is 1.55. The fourth-order valence-corrected chi connectivity index (χ4v) is 5.64. The van der Waals surface area contributed by atoms with Gasteiger partial charge in [-0.15, -0.1) is 0 Å². The lowest BCUT2D eigenvalue weighted by Gasteiger charge is -2.15. The minimum absolute atomic E-state index is 0.205. The van der Waals surface area contributed by atoms with Crippen molar-refractivity contribution in [2.75, 3.05) is 6.61 Å². The number of imide groups is 1. The maximum absolute atomic E-state index is 13.0. The number of nitrogens with zero attached hydrogens (tertiary/aromatic N) is 1. The Morgan fingerprint density at radius 3 is 2.50 bits per heavy atom. The SMILES string of the molecule is CCOc1cc(/C=C2/SC(=O)N(Cc3cccc(Br)c3)C2=O)cc(Br)c1OCc1ccc(Cl)c(Cl)c1. The molecule has 36 heavy (non-hydrogen) atoms. The second kappa shape index (κ2) is 12.0. The van der Waals surface area contributed by atoms with Crippen molar-refractivity contribution < 1.29 is 19.1 Å². The fraction of sp³-hybridized carbons (Fsp3) is 0.154. The van der Waals surface area contributed by atoms with Crippen LogP contribution in [0.15, 0.2) is 68.4 Å². The number of rotatable bonds is 8. The van der Waals surface area contributed by atoms with Crippen LogP contribution in [-0.4, -0.2) is 22.7 Å². The van der Waals surface area contributed by atoms with E-state index >= 15 is 0 Å². The summed E-state index contributed by atoms with van der Waals surface area (Å²) in [6, 6.07) is 16.4. The summed E-state index contributed by atoms with van der Waals surface area (Å²) < 4.78 is 13.4. The summed E-state index contributed by atoms with van der Waals surface area (Å²) >= 11 is 20.0. The van der Waals surface area contributed by atoms with Gasteiger partial charge in [0.2, 0.25) is 0 Å². The average Bonchev–Trinajstić information content (AvgIpc) is 3.08. The molecule has 0 unspecified atom stereocenters. The molecule has 2 amide bonds. The van der Waals surface area contributed by atoms with Crippen molar-refractivity contribution in [3.05, 3.63) is 95.2 Å². The third-order valence-corrected chi connectivity index (χ3v) is 7.83. The van der Waals surface area contributed by atoms with Gasteiger partial charge in [0, 0.05) is 4.47 Å². The first kappa shape index (κ1) is 27.1. The van der Waals surface area contributed by atoms with Crippen LogP contribution in [0, 0.1) is 0 Å². The lowest BCUT2D eigenvalue weighted by molar-refractivity contribution is -0.123. The highest BCUT2D eigenvalue weighted by atomic mass is 79.9. The molecule has 0 aromatic heterocycles. The van der Waals surface area contributed by atoms with Gasteiger partial charge in [0.05, 0.1) is 32.6 Å². The molecule has 1 heterocycles. The van der Waals surface area contributed by atoms with E-state index in [1.54, 1.807) is 24.3 Å². The number of hydrogen-bond acceptors (Lipinski definition) is 5. The molecule has 0 spiro atoms. The molecule has 1 aliphatic heterocycles. The molecule has 3 aromatic carbocycles. The van der Waals surface area contributed by atoms with Crippen LogP contribution in [-0.2, 0) is 17.9 Å². The van der Waals surface area contributed by atoms with E-state index in [1.807, 2.05) is 43.3 Å². The maximum Gasteiger partial charge on any atom is 0.293 e. The Morgan fingerprint density at radius 2 is 1.78 bits per heavy atom. The summed E-state index contributed by atoms with van der Waals surface area (Å²) in [5.41, 5.74) is 2.40. The third-order valence-electron chi connectivity index (χ3n) is 5.10. The molecule has 186 valence electrons. The Kier molecular flexibility index (Phi) is 9.06. The number of halogens is 4. The average molecular weight is 672 g/mol. The Labute approximate surface area is 240 Å². The largest absolute Gasteiger partial charge is 0.490 e. The number of hydrogen-bond donors (Lipinski definition) is 0. The molecule has 10 heteroatoms. The Hall–Kier alpha value is -1.97. The number of benzene rings is 3. The second-order valence-corrected chi connectivity index (χ2v) is 11.3. The molecule has 0 N–H and O–H groups in total. The number of ether oxygens (including phenoxy) is 2. The van der Waals surface area contributed by atoms with E-state index in [-0.39, 0.29) is 24.3 Å². The summed E-state index contributed by atoms with van der Waals surface area (Å²) in [5, 5.41) is 0.616. The van der Waals surface area contributed by atoms with Gasteiger partial charge in [-0.05, 0) is 93.8 Å². The van der Waals surface area contributed by atoms with Crippen LogP contribution in [0.5, 0.6) is 11.5 Å². The van der Waals surface area contributed by atoms with E-state index in [0.717, 1.165) is 27.4 Å². The topological polar surface area (TPSA) is 55.8 Å². The van der Waals surface area contributed by atoms with Crippen LogP contribution < -0.4 is 9.47 Å². The molecule has 1 saturated heterocycles. The highest BCUT2D eigenvalue weighted by molar-refractivity contribution is 9.10. The zero-order valence-electron chi connectivity index (χ0n) is 18.9. The van der Waals surface area contributed by atoms with Crippen molar-refractivity contribution in [3.8, 4) is 11.5 Å². The van der Waals surface area contributed by atoms with Crippen molar-refractivity contribution in [3.63, 3.8) is 0 Å². The zero-order valence-corrected chi connectivity index (χ0v) is 24.4. The van der Waals surface area contributed by atoms with Crippen LogP contribution >= 0.6 is 66.8 Å². The monoisotopic (exact) mass is 669 g/mol. The van der Waals surface area contributed by atoms with Gasteiger partial charge in [-0.25, -0.2) is 0 Å². The van der Waals surface area contributed by atoms with Crippen LogP contribution in [0.25, 0.3) is 6.08 Å². The van der Waals surface area contributed by atoms with Crippen molar-refractivity contribution >= 4 is 84.0 Å². The molecule has 1 fully saturated rings. The third kappa shape index (κ3) is 6.47. The van der Waals surface area contributed by atoms with Crippen LogP contribution in [0.1, 0.15) is 23.6 Å². The van der Waals surface area contributed by atoms with Gasteiger partial charge in [0.1, 0.15) is 6.61 Å². The van der Waals surface area contributed by atoms with Gasteiger partial charge in [0.25, 0.3) is 11.1 Å². The van der Waals surface area contributed by atoms with Gasteiger partial charge in [0.15, 0.2) is 11.5 Å². The Morgan fingerprint density at radius 1 is 0.972 bits per heavy atom. The van der Waals surface area contributed by atoms with Crippen LogP contribution in [0.3, 0.4) is 0 Å². The molecule has 5 nitrogen and oxygen atoms in total. The van der Waals surface area contributed by atoms with Gasteiger partial charge in [-0.2, -0.15) is 0 Å². The predicted molar refractivity (Wildman–Crippen MR) is 152 cm³/mol. The summed E-state index contributed by atoms with van der Waals surface area (Å²) in [6.07, 6.45) is 1.68. The van der Waals surface area contributed by atoms with Crippen LogP contribution in [0.4, 0.5) is 4.79 Å². The highest BCUT2D eigenvalue weighted by Gasteiger charge is 2.35. The maximum atomic E-state index is 13.0. The molecule has 4 rings (SSSR count). The van der Waals surface area contributed by atoms with E-state index < -0.39 is 0 Å². The first-order valence-electron chi connectivity index (χ1n) is 10.8. The summed E-state index contributed by atoms with van der Waals surface area (Å²) in [6.45, 7) is 2.75. The predicted octanol–water partition coefficient (Wildman–Crippen LogP) is 8.73. The van der Waals surface area contributed by atoms with E-state index in [0.29, 0.717) is 43.1 Å². The molecule has 0 saturated carbocycles. The zero-order chi connectivity index (χ0) is 25.8. The molecule has 0 atom stereocenters. The minimum atomic E-state index is -0.334. The number of thioether (sulfide) groups is 1. The summed E-state index contributed by atoms with van der Waals surface area (Å²) in [5.74, 6) is 0.688. The van der Waals surface area contributed by atoms with E-state index in [2.05, 4.69) is 31.9 Å². The summed E-state index contributed by atoms with van der Waals surface area (Å²) in [7, 11) is 0. The van der Waals surface area contributed by atoms with Crippen LogP contribution in [0.2, 0.25) is 10.0 Å². The van der Waals surface area contributed by atoms with E-state index in [1.165, 1.54) is 4.90 Å². The minimum Gasteiger partial charge on any atom is -0.490 e. The first-order valence-corrected chi connectivity index (χ1v) is 13.9. The number of carbonyl (C=O) groups is 2. The van der Waals surface area contributed by atoms with Crippen molar-refractivity contribution in [1.29, 1.82) is 0 Å². The standard InChI is InChI=1S/C26H19Br2Cl2NO4S/c1-2-34-22-11-17(9-19(28)24(22)35-14-16-6-7-20(29)21(30)10-16)12-23-25(32)31(26(33)36-23)13-15-4-3-5-18(27)8-15/h3-12H,2,13-14H2,1H3/b23-12+.